The number of thioether (sulfide) groups is 1. The first-order valence-corrected chi connectivity index (χ1v) is 11.6. The lowest BCUT2D eigenvalue weighted by atomic mass is 10.1. The molecule has 33 heavy (non-hydrogen) atoms. The molecule has 2 aliphatic rings. The van der Waals surface area contributed by atoms with Gasteiger partial charge in [-0.1, -0.05) is 23.2 Å². The van der Waals surface area contributed by atoms with Crippen molar-refractivity contribution in [2.75, 3.05) is 12.4 Å². The summed E-state index contributed by atoms with van der Waals surface area (Å²) in [5, 5.41) is 10.7. The van der Waals surface area contributed by atoms with E-state index in [2.05, 4.69) is 9.97 Å². The number of benzene rings is 2. The molecule has 0 spiro atoms. The van der Waals surface area contributed by atoms with E-state index in [1.54, 1.807) is 30.3 Å². The molecule has 0 radical (unpaired) electrons. The summed E-state index contributed by atoms with van der Waals surface area (Å²) in [6, 6.07) is 9.67. The molecule has 11 heteroatoms. The maximum Gasteiger partial charge on any atom is 0.352 e. The SMILES string of the molecule is O=C(O)C1=C(COc2ccc(Cl)cc2-c2nc3ccc(Cl)cc3c(=O)[nH]2)CSC2CC(=O)N12. The van der Waals surface area contributed by atoms with Crippen molar-refractivity contribution in [1.29, 1.82) is 0 Å². The van der Waals surface area contributed by atoms with Crippen molar-refractivity contribution in [1.82, 2.24) is 14.9 Å². The van der Waals surface area contributed by atoms with Gasteiger partial charge < -0.3 is 14.8 Å². The number of ether oxygens (including phenoxy) is 1. The summed E-state index contributed by atoms with van der Waals surface area (Å²) in [6.45, 7) is -0.0484. The first kappa shape index (κ1) is 21.8. The van der Waals surface area contributed by atoms with Crippen LogP contribution in [-0.2, 0) is 9.59 Å². The number of H-pyrrole nitrogens is 1. The second kappa shape index (κ2) is 8.40. The fourth-order valence-corrected chi connectivity index (χ4v) is 5.40. The van der Waals surface area contributed by atoms with Crippen molar-refractivity contribution in [3.8, 4) is 17.1 Å². The molecule has 0 bridgehead atoms. The number of aromatic amines is 1. The minimum absolute atomic E-state index is 0.0281. The molecule has 2 aliphatic heterocycles. The normalized spacial score (nSPS) is 17.7. The summed E-state index contributed by atoms with van der Waals surface area (Å²) in [6.07, 6.45) is 0.336. The number of fused-ring (bicyclic) bond motifs is 2. The predicted molar refractivity (Wildman–Crippen MR) is 126 cm³/mol. The van der Waals surface area contributed by atoms with E-state index in [-0.39, 0.29) is 35.0 Å². The largest absolute Gasteiger partial charge is 0.488 e. The Balaban J connectivity index is 1.51. The molecule has 1 unspecified atom stereocenters. The minimum atomic E-state index is -1.16. The van der Waals surface area contributed by atoms with Gasteiger partial charge in [-0.15, -0.1) is 11.8 Å². The van der Waals surface area contributed by atoms with Gasteiger partial charge in [-0.2, -0.15) is 0 Å². The highest BCUT2D eigenvalue weighted by atomic mass is 35.5. The molecule has 2 aromatic carbocycles. The van der Waals surface area contributed by atoms with Gasteiger partial charge in [-0.25, -0.2) is 9.78 Å². The monoisotopic (exact) mass is 503 g/mol. The van der Waals surface area contributed by atoms with Crippen molar-refractivity contribution in [3.63, 3.8) is 0 Å². The Bertz CT molecular complexity index is 1420. The number of carboxylic acids is 1. The zero-order valence-corrected chi connectivity index (χ0v) is 19.1. The molecule has 3 aromatic rings. The van der Waals surface area contributed by atoms with E-state index in [1.165, 1.54) is 22.7 Å². The predicted octanol–water partition coefficient (Wildman–Crippen LogP) is 3.92. The third-order valence-electron chi connectivity index (χ3n) is 5.40. The topological polar surface area (TPSA) is 113 Å². The molecule has 0 saturated carbocycles. The summed E-state index contributed by atoms with van der Waals surface area (Å²) in [4.78, 5) is 44.9. The van der Waals surface area contributed by atoms with Crippen molar-refractivity contribution < 1.29 is 19.4 Å². The highest BCUT2D eigenvalue weighted by Crippen LogP contribution is 2.40. The van der Waals surface area contributed by atoms with E-state index in [1.807, 2.05) is 0 Å². The molecular weight excluding hydrogens is 489 g/mol. The minimum Gasteiger partial charge on any atom is -0.488 e. The lowest BCUT2D eigenvalue weighted by molar-refractivity contribution is -0.146. The average molecular weight is 504 g/mol. The van der Waals surface area contributed by atoms with E-state index in [4.69, 9.17) is 27.9 Å². The van der Waals surface area contributed by atoms with Gasteiger partial charge in [0.05, 0.1) is 28.3 Å². The number of carbonyl (C=O) groups is 2. The van der Waals surface area contributed by atoms with Gasteiger partial charge in [-0.3, -0.25) is 14.5 Å². The number of hydrogen-bond acceptors (Lipinski definition) is 6. The number of halogens is 2. The maximum absolute atomic E-state index is 12.6. The van der Waals surface area contributed by atoms with Crippen molar-refractivity contribution in [2.24, 2.45) is 0 Å². The van der Waals surface area contributed by atoms with Crippen LogP contribution in [0.5, 0.6) is 5.75 Å². The number of aromatic nitrogens is 2. The van der Waals surface area contributed by atoms with E-state index in [0.29, 0.717) is 50.0 Å². The fraction of sp³-hybridized carbons (Fsp3) is 0.182. The van der Waals surface area contributed by atoms with Gasteiger partial charge in [0.1, 0.15) is 23.9 Å². The summed E-state index contributed by atoms with van der Waals surface area (Å²) in [5.74, 6) is -0.342. The molecule has 1 saturated heterocycles. The molecule has 2 N–H and O–H groups in total. The lowest BCUT2D eigenvalue weighted by Gasteiger charge is -2.43. The third kappa shape index (κ3) is 3.96. The lowest BCUT2D eigenvalue weighted by Crippen LogP contribution is -2.54. The molecule has 1 amide bonds. The van der Waals surface area contributed by atoms with Crippen molar-refractivity contribution in [2.45, 2.75) is 11.8 Å². The zero-order chi connectivity index (χ0) is 23.3. The van der Waals surface area contributed by atoms with Crippen molar-refractivity contribution >= 4 is 57.7 Å². The van der Waals surface area contributed by atoms with Gasteiger partial charge in [0.15, 0.2) is 0 Å². The number of carboxylic acid groups (broad SMARTS) is 1. The van der Waals surface area contributed by atoms with Gasteiger partial charge in [0.25, 0.3) is 5.56 Å². The van der Waals surface area contributed by atoms with Gasteiger partial charge in [-0.05, 0) is 36.4 Å². The molecule has 0 aliphatic carbocycles. The summed E-state index contributed by atoms with van der Waals surface area (Å²) in [5.41, 5.74) is 0.985. The smallest absolute Gasteiger partial charge is 0.352 e. The Hall–Kier alpha value is -3.01. The average Bonchev–Trinajstić information content (AvgIpc) is 2.77. The Kier molecular flexibility index (Phi) is 5.55. The molecular formula is C22H15Cl2N3O5S. The van der Waals surface area contributed by atoms with Crippen LogP contribution in [0.15, 0.2) is 52.5 Å². The standard InChI is InChI=1S/C22H15Cl2N3O5S/c23-11-1-3-15-13(5-11)21(29)26-20(25-15)14-6-12(24)2-4-16(14)32-8-10-9-33-18-7-17(28)27(18)19(10)22(30)31/h1-6,18H,7-9H2,(H,30,31)(H,25,26,29). The molecule has 3 heterocycles. The van der Waals surface area contributed by atoms with E-state index < -0.39 is 5.97 Å². The van der Waals surface area contributed by atoms with Crippen LogP contribution in [0, 0.1) is 0 Å². The van der Waals surface area contributed by atoms with Crippen LogP contribution in [0.3, 0.4) is 0 Å². The highest BCUT2D eigenvalue weighted by Gasteiger charge is 2.45. The Labute approximate surface area is 201 Å². The van der Waals surface area contributed by atoms with E-state index in [0.717, 1.165) is 0 Å². The molecule has 5 rings (SSSR count). The van der Waals surface area contributed by atoms with Crippen LogP contribution >= 0.6 is 35.0 Å². The van der Waals surface area contributed by atoms with Gasteiger partial charge in [0.2, 0.25) is 5.91 Å². The number of nitrogens with one attached hydrogen (secondary N) is 1. The van der Waals surface area contributed by atoms with Gasteiger partial charge in [0, 0.05) is 21.4 Å². The molecule has 1 aromatic heterocycles. The van der Waals surface area contributed by atoms with E-state index >= 15 is 0 Å². The van der Waals surface area contributed by atoms with Crippen LogP contribution in [0.2, 0.25) is 10.0 Å². The maximum atomic E-state index is 12.6. The first-order chi connectivity index (χ1) is 15.8. The third-order valence-corrected chi connectivity index (χ3v) is 7.15. The van der Waals surface area contributed by atoms with E-state index in [9.17, 15) is 19.5 Å². The summed E-state index contributed by atoms with van der Waals surface area (Å²) in [7, 11) is 0. The van der Waals surface area contributed by atoms with Crippen LogP contribution in [-0.4, -0.2) is 49.6 Å². The highest BCUT2D eigenvalue weighted by molar-refractivity contribution is 8.00. The summed E-state index contributed by atoms with van der Waals surface area (Å²) < 4.78 is 5.97. The molecule has 1 fully saturated rings. The fourth-order valence-electron chi connectivity index (χ4n) is 3.81. The number of amides is 1. The Morgan fingerprint density at radius 3 is 2.73 bits per heavy atom. The van der Waals surface area contributed by atoms with Crippen LogP contribution in [0.25, 0.3) is 22.3 Å². The second-order valence-electron chi connectivity index (χ2n) is 7.50. The Morgan fingerprint density at radius 2 is 1.97 bits per heavy atom. The number of rotatable bonds is 5. The quantitative estimate of drug-likeness (QED) is 0.507. The second-order valence-corrected chi connectivity index (χ2v) is 9.54. The number of hydrogen-bond donors (Lipinski definition) is 2. The van der Waals surface area contributed by atoms with Crippen LogP contribution < -0.4 is 10.3 Å². The van der Waals surface area contributed by atoms with Crippen LogP contribution in [0.1, 0.15) is 6.42 Å². The first-order valence-electron chi connectivity index (χ1n) is 9.83. The Morgan fingerprint density at radius 1 is 1.21 bits per heavy atom. The molecule has 1 atom stereocenters. The number of nitrogens with zero attached hydrogens (tertiary/aromatic N) is 2. The number of β-lactam (4-membered cyclic amide) rings is 1. The molecule has 8 nitrogen and oxygen atoms in total. The van der Waals surface area contributed by atoms with Crippen molar-refractivity contribution in [3.05, 3.63) is 68.1 Å². The summed E-state index contributed by atoms with van der Waals surface area (Å²) >= 11 is 13.7. The number of aliphatic carboxylic acids is 1. The van der Waals surface area contributed by atoms with Crippen LogP contribution in [0.4, 0.5) is 0 Å². The molecule has 168 valence electrons. The number of carbonyl (C=O) groups excluding carboxylic acids is 1. The zero-order valence-electron chi connectivity index (χ0n) is 16.8. The van der Waals surface area contributed by atoms with Gasteiger partial charge >= 0.3 is 5.97 Å².